The lowest BCUT2D eigenvalue weighted by Gasteiger charge is -2.45. The van der Waals surface area contributed by atoms with E-state index < -0.39 is 0 Å². The van der Waals surface area contributed by atoms with Gasteiger partial charge in [0.1, 0.15) is 11.3 Å². The Hall–Kier alpha value is -1.60. The van der Waals surface area contributed by atoms with Crippen molar-refractivity contribution in [2.24, 2.45) is 5.92 Å². The SMILES string of the molecule is Cc1nn([C@H](C)c2ccc(Cl)cc2Cl)c2nc(N3C[C@@H](C)[C@@H](N4CCCC4)C[C@@H]3C)cnc12.Cl. The molecule has 0 amide bonds. The molecule has 184 valence electrons. The number of anilines is 1. The first kappa shape index (κ1) is 25.5. The summed E-state index contributed by atoms with van der Waals surface area (Å²) in [6, 6.07) is 6.59. The molecule has 0 bridgehead atoms. The fraction of sp³-hybridized carbons (Fsp3) is 0.560. The highest BCUT2D eigenvalue weighted by atomic mass is 35.5. The number of rotatable bonds is 4. The fourth-order valence-electron chi connectivity index (χ4n) is 5.64. The number of likely N-dealkylation sites (tertiary alicyclic amines) is 1. The smallest absolute Gasteiger partial charge is 0.179 e. The van der Waals surface area contributed by atoms with Crippen LogP contribution in [0.4, 0.5) is 5.82 Å². The highest BCUT2D eigenvalue weighted by Gasteiger charge is 2.36. The van der Waals surface area contributed by atoms with Crippen LogP contribution in [0.1, 0.15) is 57.3 Å². The Morgan fingerprint density at radius 2 is 1.85 bits per heavy atom. The summed E-state index contributed by atoms with van der Waals surface area (Å²) in [6.45, 7) is 12.3. The number of hydrogen-bond donors (Lipinski definition) is 0. The van der Waals surface area contributed by atoms with Gasteiger partial charge in [-0.05, 0) is 76.7 Å². The van der Waals surface area contributed by atoms with E-state index in [2.05, 4.69) is 30.6 Å². The quantitative estimate of drug-likeness (QED) is 0.409. The zero-order chi connectivity index (χ0) is 23.3. The van der Waals surface area contributed by atoms with E-state index in [1.165, 1.54) is 25.9 Å². The molecule has 2 aliphatic rings. The number of fused-ring (bicyclic) bond motifs is 1. The number of piperidine rings is 1. The Kier molecular flexibility index (Phi) is 7.63. The second kappa shape index (κ2) is 10.2. The van der Waals surface area contributed by atoms with Gasteiger partial charge in [-0.25, -0.2) is 14.6 Å². The van der Waals surface area contributed by atoms with Crippen molar-refractivity contribution >= 4 is 52.6 Å². The van der Waals surface area contributed by atoms with E-state index in [1.807, 2.05) is 29.9 Å². The van der Waals surface area contributed by atoms with Crippen LogP contribution in [0.25, 0.3) is 11.2 Å². The average Bonchev–Trinajstić information content (AvgIpc) is 3.43. The number of aryl methyl sites for hydroxylation is 1. The molecule has 2 aromatic heterocycles. The zero-order valence-corrected chi connectivity index (χ0v) is 22.5. The van der Waals surface area contributed by atoms with Crippen molar-refractivity contribution < 1.29 is 0 Å². The standard InChI is InChI=1S/C25H32Cl2N6.ClH/c1-15-14-32(16(2)11-22(15)31-9-5-6-10-31)23-13-28-24-17(3)30-33(25(24)29-23)18(4)20-8-7-19(26)12-21(20)27;/h7-8,12-13,15-16,18,22H,5-6,9-11,14H2,1-4H3;1H/t15-,16+,18-,22+;/m1./s1. The van der Waals surface area contributed by atoms with Gasteiger partial charge < -0.3 is 4.90 Å². The fourth-order valence-corrected chi connectivity index (χ4v) is 6.21. The maximum atomic E-state index is 6.51. The molecule has 2 aliphatic heterocycles. The summed E-state index contributed by atoms with van der Waals surface area (Å²) in [7, 11) is 0. The third-order valence-electron chi connectivity index (χ3n) is 7.50. The summed E-state index contributed by atoms with van der Waals surface area (Å²) in [5.74, 6) is 1.52. The van der Waals surface area contributed by atoms with E-state index in [4.69, 9.17) is 38.3 Å². The lowest BCUT2D eigenvalue weighted by molar-refractivity contribution is 0.143. The predicted octanol–water partition coefficient (Wildman–Crippen LogP) is 6.17. The molecule has 0 saturated carbocycles. The lowest BCUT2D eigenvalue weighted by Crippen LogP contribution is -2.53. The van der Waals surface area contributed by atoms with Gasteiger partial charge in [0.15, 0.2) is 5.65 Å². The Morgan fingerprint density at radius 1 is 1.12 bits per heavy atom. The van der Waals surface area contributed by atoms with Crippen LogP contribution >= 0.6 is 35.6 Å². The van der Waals surface area contributed by atoms with Crippen molar-refractivity contribution in [1.82, 2.24) is 24.6 Å². The molecule has 5 rings (SSSR count). The average molecular weight is 524 g/mol. The Morgan fingerprint density at radius 3 is 2.56 bits per heavy atom. The molecule has 1 aromatic carbocycles. The van der Waals surface area contributed by atoms with Gasteiger partial charge in [0.05, 0.1) is 17.9 Å². The normalized spacial score (nSPS) is 24.4. The summed E-state index contributed by atoms with van der Waals surface area (Å²) < 4.78 is 1.95. The van der Waals surface area contributed by atoms with E-state index in [0.29, 0.717) is 28.0 Å². The first-order chi connectivity index (χ1) is 15.8. The first-order valence-electron chi connectivity index (χ1n) is 12.0. The van der Waals surface area contributed by atoms with E-state index >= 15 is 0 Å². The van der Waals surface area contributed by atoms with Crippen LogP contribution in [-0.2, 0) is 0 Å². The monoisotopic (exact) mass is 522 g/mol. The highest BCUT2D eigenvalue weighted by molar-refractivity contribution is 6.35. The molecule has 0 N–H and O–H groups in total. The maximum Gasteiger partial charge on any atom is 0.179 e. The van der Waals surface area contributed by atoms with Crippen molar-refractivity contribution in [2.75, 3.05) is 24.5 Å². The molecule has 0 unspecified atom stereocenters. The predicted molar refractivity (Wildman–Crippen MR) is 143 cm³/mol. The van der Waals surface area contributed by atoms with E-state index in [1.54, 1.807) is 6.07 Å². The first-order valence-corrected chi connectivity index (χ1v) is 12.8. The summed E-state index contributed by atoms with van der Waals surface area (Å²) in [5, 5.41) is 6.05. The zero-order valence-electron chi connectivity index (χ0n) is 20.2. The van der Waals surface area contributed by atoms with Gasteiger partial charge in [0, 0.05) is 28.7 Å². The molecule has 9 heteroatoms. The van der Waals surface area contributed by atoms with Crippen LogP contribution in [0.15, 0.2) is 24.4 Å². The highest BCUT2D eigenvalue weighted by Crippen LogP contribution is 2.34. The van der Waals surface area contributed by atoms with Gasteiger partial charge in [-0.1, -0.05) is 36.2 Å². The Bertz CT molecular complexity index is 1160. The third-order valence-corrected chi connectivity index (χ3v) is 8.06. The second-order valence-electron chi connectivity index (χ2n) is 9.80. The molecule has 0 aliphatic carbocycles. The number of aromatic nitrogens is 4. The Balaban J connectivity index is 0.00000274. The summed E-state index contributed by atoms with van der Waals surface area (Å²) in [4.78, 5) is 15.0. The molecule has 34 heavy (non-hydrogen) atoms. The largest absolute Gasteiger partial charge is 0.352 e. The van der Waals surface area contributed by atoms with Crippen LogP contribution in [0.5, 0.6) is 0 Å². The minimum Gasteiger partial charge on any atom is -0.352 e. The Labute approximate surface area is 218 Å². The van der Waals surface area contributed by atoms with Gasteiger partial charge in [-0.3, -0.25) is 4.90 Å². The molecule has 3 aromatic rings. The molecular weight excluding hydrogens is 491 g/mol. The second-order valence-corrected chi connectivity index (χ2v) is 10.6. The van der Waals surface area contributed by atoms with E-state index in [0.717, 1.165) is 41.2 Å². The van der Waals surface area contributed by atoms with Crippen LogP contribution in [0.3, 0.4) is 0 Å². The van der Waals surface area contributed by atoms with Crippen molar-refractivity contribution in [3.8, 4) is 0 Å². The van der Waals surface area contributed by atoms with Gasteiger partial charge in [0.25, 0.3) is 0 Å². The van der Waals surface area contributed by atoms with Crippen LogP contribution in [0, 0.1) is 12.8 Å². The van der Waals surface area contributed by atoms with Crippen molar-refractivity contribution in [3.63, 3.8) is 0 Å². The van der Waals surface area contributed by atoms with Gasteiger partial charge in [-0.2, -0.15) is 5.10 Å². The molecule has 0 radical (unpaired) electrons. The summed E-state index contributed by atoms with van der Waals surface area (Å²) in [5.41, 5.74) is 3.47. The topological polar surface area (TPSA) is 50.1 Å². The third kappa shape index (κ3) is 4.62. The van der Waals surface area contributed by atoms with E-state index in [-0.39, 0.29) is 18.4 Å². The van der Waals surface area contributed by atoms with Crippen molar-refractivity contribution in [3.05, 3.63) is 45.7 Å². The molecule has 0 spiro atoms. The number of hydrogen-bond acceptors (Lipinski definition) is 5. The molecular formula is C25H33Cl3N6. The van der Waals surface area contributed by atoms with Crippen LogP contribution < -0.4 is 4.90 Å². The van der Waals surface area contributed by atoms with Gasteiger partial charge >= 0.3 is 0 Å². The number of benzene rings is 1. The maximum absolute atomic E-state index is 6.51. The van der Waals surface area contributed by atoms with Crippen LogP contribution in [0.2, 0.25) is 10.0 Å². The van der Waals surface area contributed by atoms with Crippen LogP contribution in [-0.4, -0.2) is 56.4 Å². The van der Waals surface area contributed by atoms with E-state index in [9.17, 15) is 0 Å². The number of nitrogens with zero attached hydrogens (tertiary/aromatic N) is 6. The van der Waals surface area contributed by atoms with Crippen molar-refractivity contribution in [2.45, 2.75) is 65.1 Å². The lowest BCUT2D eigenvalue weighted by atomic mass is 9.88. The minimum absolute atomic E-state index is 0. The number of halogens is 3. The molecule has 6 nitrogen and oxygen atoms in total. The molecule has 4 atom stereocenters. The van der Waals surface area contributed by atoms with Gasteiger partial charge in [0.2, 0.25) is 0 Å². The van der Waals surface area contributed by atoms with Crippen molar-refractivity contribution in [1.29, 1.82) is 0 Å². The minimum atomic E-state index is -0.0900. The molecule has 4 heterocycles. The summed E-state index contributed by atoms with van der Waals surface area (Å²) in [6.07, 6.45) is 5.75. The van der Waals surface area contributed by atoms with Gasteiger partial charge in [-0.15, -0.1) is 12.4 Å². The summed E-state index contributed by atoms with van der Waals surface area (Å²) >= 11 is 12.6. The molecule has 2 fully saturated rings. The molecule has 2 saturated heterocycles.